The van der Waals surface area contributed by atoms with E-state index in [0.29, 0.717) is 0 Å². The summed E-state index contributed by atoms with van der Waals surface area (Å²) in [6.45, 7) is 0. The second-order valence-electron chi connectivity index (χ2n) is 4.95. The van der Waals surface area contributed by atoms with Crippen LogP contribution in [0.15, 0.2) is 76.5 Å². The fraction of sp³-hybridized carbons (Fsp3) is 0. The molecule has 0 spiro atoms. The summed E-state index contributed by atoms with van der Waals surface area (Å²) in [6.07, 6.45) is 0. The van der Waals surface area contributed by atoms with Crippen LogP contribution in [0.4, 0.5) is 5.69 Å². The Morgan fingerprint density at radius 3 is 2.17 bits per heavy atom. The predicted octanol–water partition coefficient (Wildman–Crippen LogP) is 6.62. The Balaban J connectivity index is 2.05. The summed E-state index contributed by atoms with van der Waals surface area (Å²) in [4.78, 5) is 12.7. The van der Waals surface area contributed by atoms with Crippen LogP contribution in [0.2, 0.25) is 0 Å². The molecule has 3 aromatic carbocycles. The first-order valence-corrected chi connectivity index (χ1v) is 9.99. The zero-order chi connectivity index (χ0) is 17.1. The second-order valence-corrected chi connectivity index (χ2v) is 8.36. The lowest BCUT2D eigenvalue weighted by molar-refractivity contribution is -0.385. The average Bonchev–Trinajstić information content (AvgIpc) is 2.58. The lowest BCUT2D eigenvalue weighted by Crippen LogP contribution is -1.90. The molecule has 0 radical (unpaired) electrons. The van der Waals surface area contributed by atoms with Crippen LogP contribution in [0.1, 0.15) is 0 Å². The molecule has 0 fully saturated rings. The Morgan fingerprint density at radius 2 is 1.46 bits per heavy atom. The van der Waals surface area contributed by atoms with Gasteiger partial charge in [0.25, 0.3) is 5.69 Å². The zero-order valence-corrected chi connectivity index (χ0v) is 17.4. The lowest BCUT2D eigenvalue weighted by atomic mass is 10.1. The van der Waals surface area contributed by atoms with E-state index in [4.69, 9.17) is 0 Å². The van der Waals surface area contributed by atoms with Gasteiger partial charge in [-0.15, -0.1) is 0 Å². The van der Waals surface area contributed by atoms with Crippen molar-refractivity contribution in [1.29, 1.82) is 0 Å². The van der Waals surface area contributed by atoms with Crippen molar-refractivity contribution in [1.82, 2.24) is 0 Å². The molecule has 0 amide bonds. The number of nitro benzene ring substituents is 1. The summed E-state index contributed by atoms with van der Waals surface area (Å²) in [6, 6.07) is 21.3. The van der Waals surface area contributed by atoms with Crippen LogP contribution >= 0.6 is 56.9 Å². The van der Waals surface area contributed by atoms with Crippen molar-refractivity contribution in [2.45, 2.75) is 9.79 Å². The van der Waals surface area contributed by atoms with Gasteiger partial charge in [-0.1, -0.05) is 48.2 Å². The van der Waals surface area contributed by atoms with Gasteiger partial charge in [-0.3, -0.25) is 10.1 Å². The number of halogens is 2. The number of rotatable bonds is 4. The summed E-state index contributed by atoms with van der Waals surface area (Å²) < 4.78 is 2.18. The van der Waals surface area contributed by atoms with Crippen molar-refractivity contribution in [3.05, 3.63) is 84.0 Å². The number of hydrogen-bond acceptors (Lipinski definition) is 3. The van der Waals surface area contributed by atoms with Crippen LogP contribution in [0.25, 0.3) is 11.1 Å². The Bertz CT molecular complexity index is 915. The third-order valence-corrected chi connectivity index (χ3v) is 6.78. The summed E-state index contributed by atoms with van der Waals surface area (Å²) in [5, 5.41) is 11.0. The lowest BCUT2D eigenvalue weighted by Gasteiger charge is -2.12. The van der Waals surface area contributed by atoms with Crippen molar-refractivity contribution in [2.75, 3.05) is 0 Å². The number of non-ortho nitro benzene ring substituents is 1. The van der Waals surface area contributed by atoms with Crippen LogP contribution in [-0.2, 0) is 0 Å². The second kappa shape index (κ2) is 7.83. The minimum atomic E-state index is -0.355. The van der Waals surface area contributed by atoms with Gasteiger partial charge in [-0.25, -0.2) is 0 Å². The quantitative estimate of drug-likeness (QED) is 0.205. The van der Waals surface area contributed by atoms with Crippen LogP contribution in [0.3, 0.4) is 0 Å². The molecule has 0 atom stereocenters. The highest BCUT2D eigenvalue weighted by Gasteiger charge is 2.14. The molecule has 0 bridgehead atoms. The average molecular weight is 559 g/mol. The first kappa shape index (κ1) is 17.7. The summed E-state index contributed by atoms with van der Waals surface area (Å²) >= 11 is 6.11. The molecule has 0 N–H and O–H groups in total. The molecule has 0 heterocycles. The topological polar surface area (TPSA) is 43.1 Å². The maximum atomic E-state index is 11.0. The molecule has 0 saturated carbocycles. The van der Waals surface area contributed by atoms with Crippen molar-refractivity contribution < 1.29 is 4.92 Å². The van der Waals surface area contributed by atoms with E-state index < -0.39 is 0 Å². The van der Waals surface area contributed by atoms with E-state index in [1.54, 1.807) is 23.9 Å². The molecule has 3 nitrogen and oxygen atoms in total. The first-order chi connectivity index (χ1) is 11.6. The Labute approximate surface area is 171 Å². The molecule has 0 aliphatic heterocycles. The van der Waals surface area contributed by atoms with Gasteiger partial charge < -0.3 is 0 Å². The molecular formula is C18H11I2NO2S. The van der Waals surface area contributed by atoms with Crippen molar-refractivity contribution >= 4 is 62.6 Å². The smallest absolute Gasteiger partial charge is 0.258 e. The first-order valence-electron chi connectivity index (χ1n) is 7.02. The molecule has 3 aromatic rings. The van der Waals surface area contributed by atoms with Crippen molar-refractivity contribution in [3.63, 3.8) is 0 Å². The fourth-order valence-electron chi connectivity index (χ4n) is 2.26. The Morgan fingerprint density at radius 1 is 0.792 bits per heavy atom. The molecule has 120 valence electrons. The number of nitrogens with zero attached hydrogens (tertiary/aromatic N) is 1. The van der Waals surface area contributed by atoms with E-state index in [9.17, 15) is 10.1 Å². The zero-order valence-electron chi connectivity index (χ0n) is 12.3. The van der Waals surface area contributed by atoms with Gasteiger partial charge in [0, 0.05) is 29.1 Å². The van der Waals surface area contributed by atoms with Gasteiger partial charge in [-0.2, -0.15) is 0 Å². The van der Waals surface area contributed by atoms with Gasteiger partial charge >= 0.3 is 0 Å². The molecule has 6 heteroatoms. The SMILES string of the molecule is O=[N+]([O-])c1ccc(I)c(Sc2ccccc2-c2ccccc2I)c1. The van der Waals surface area contributed by atoms with Crippen LogP contribution in [0, 0.1) is 17.3 Å². The predicted molar refractivity (Wildman–Crippen MR) is 115 cm³/mol. The standard InChI is InChI=1S/C18H11I2NO2S/c19-15-7-3-1-5-13(15)14-6-2-4-8-17(14)24-18-11-12(21(22)23)9-10-16(18)20/h1-11H. The Kier molecular flexibility index (Phi) is 5.77. The number of nitro groups is 1. The van der Waals surface area contributed by atoms with Crippen molar-refractivity contribution in [3.8, 4) is 11.1 Å². The molecule has 0 aromatic heterocycles. The monoisotopic (exact) mass is 559 g/mol. The summed E-state index contributed by atoms with van der Waals surface area (Å²) in [7, 11) is 0. The highest BCUT2D eigenvalue weighted by molar-refractivity contribution is 14.1. The minimum absolute atomic E-state index is 0.115. The molecule has 3 rings (SSSR count). The van der Waals surface area contributed by atoms with Crippen LogP contribution in [0.5, 0.6) is 0 Å². The van der Waals surface area contributed by atoms with Gasteiger partial charge in [0.1, 0.15) is 0 Å². The van der Waals surface area contributed by atoms with Gasteiger partial charge in [0.15, 0.2) is 0 Å². The van der Waals surface area contributed by atoms with E-state index >= 15 is 0 Å². The molecule has 0 saturated heterocycles. The molecular weight excluding hydrogens is 548 g/mol. The largest absolute Gasteiger partial charge is 0.270 e. The van der Waals surface area contributed by atoms with Gasteiger partial charge in [-0.05, 0) is 74.5 Å². The van der Waals surface area contributed by atoms with E-state index in [1.807, 2.05) is 24.3 Å². The minimum Gasteiger partial charge on any atom is -0.258 e. The highest BCUT2D eigenvalue weighted by Crippen LogP contribution is 2.40. The fourth-order valence-corrected chi connectivity index (χ4v) is 4.62. The maximum absolute atomic E-state index is 11.0. The van der Waals surface area contributed by atoms with Crippen LogP contribution in [-0.4, -0.2) is 4.92 Å². The normalized spacial score (nSPS) is 10.6. The third kappa shape index (κ3) is 3.92. The summed E-state index contributed by atoms with van der Waals surface area (Å²) in [5.41, 5.74) is 2.42. The molecule has 0 unspecified atom stereocenters. The highest BCUT2D eigenvalue weighted by atomic mass is 127. The van der Waals surface area contributed by atoms with Crippen molar-refractivity contribution in [2.24, 2.45) is 0 Å². The number of benzene rings is 3. The molecule has 0 aliphatic carbocycles. The molecule has 24 heavy (non-hydrogen) atoms. The third-order valence-electron chi connectivity index (χ3n) is 3.40. The summed E-state index contributed by atoms with van der Waals surface area (Å²) in [5.74, 6) is 0. The maximum Gasteiger partial charge on any atom is 0.270 e. The Hall–Kier alpha value is -1.13. The van der Waals surface area contributed by atoms with Crippen LogP contribution < -0.4 is 0 Å². The van der Waals surface area contributed by atoms with E-state index in [0.717, 1.165) is 18.9 Å². The number of hydrogen-bond donors (Lipinski definition) is 0. The van der Waals surface area contributed by atoms with Gasteiger partial charge in [0.2, 0.25) is 0 Å². The molecule has 0 aliphatic rings. The van der Waals surface area contributed by atoms with E-state index in [1.165, 1.54) is 15.2 Å². The van der Waals surface area contributed by atoms with E-state index in [2.05, 4.69) is 69.4 Å². The van der Waals surface area contributed by atoms with E-state index in [-0.39, 0.29) is 10.6 Å². The van der Waals surface area contributed by atoms with Gasteiger partial charge in [0.05, 0.1) is 4.92 Å².